The maximum Gasteiger partial charge on any atom is 0.260 e. The van der Waals surface area contributed by atoms with Crippen LogP contribution < -0.4 is 10.2 Å². The number of amides is 1. The lowest BCUT2D eigenvalue weighted by atomic mass is 10.1. The lowest BCUT2D eigenvalue weighted by Crippen LogP contribution is -2.31. The highest BCUT2D eigenvalue weighted by Crippen LogP contribution is 2.42. The Kier molecular flexibility index (Phi) is 5.38. The standard InChI is InChI=1S/C22H22N2O2S/c1-2-3-13-24-18-12-11-16(23-21-10-6-7-14-26-21)15-20(18)27-19-9-5-4-8-17(19)22(24)25/h4-5,8-9,11-12,15,21,23H,6-7,10,13-14H2,1H3. The second-order valence-electron chi connectivity index (χ2n) is 6.60. The predicted octanol–water partition coefficient (Wildman–Crippen LogP) is 4.76. The van der Waals surface area contributed by atoms with E-state index in [4.69, 9.17) is 4.74 Å². The minimum Gasteiger partial charge on any atom is -0.360 e. The fourth-order valence-corrected chi connectivity index (χ4v) is 4.49. The Morgan fingerprint density at radius 1 is 1.22 bits per heavy atom. The average Bonchev–Trinajstić information content (AvgIpc) is 2.81. The molecule has 1 saturated heterocycles. The smallest absolute Gasteiger partial charge is 0.260 e. The summed E-state index contributed by atoms with van der Waals surface area (Å²) < 4.78 is 5.80. The average molecular weight is 378 g/mol. The Hall–Kier alpha value is -2.42. The van der Waals surface area contributed by atoms with Crippen LogP contribution in [0.15, 0.2) is 52.3 Å². The van der Waals surface area contributed by atoms with Crippen LogP contribution in [-0.2, 0) is 4.74 Å². The molecule has 1 amide bonds. The van der Waals surface area contributed by atoms with Gasteiger partial charge >= 0.3 is 0 Å². The first kappa shape index (κ1) is 18.0. The number of hydrogen-bond acceptors (Lipinski definition) is 4. The van der Waals surface area contributed by atoms with Crippen molar-refractivity contribution in [3.63, 3.8) is 0 Å². The number of nitrogens with one attached hydrogen (secondary N) is 1. The monoisotopic (exact) mass is 378 g/mol. The summed E-state index contributed by atoms with van der Waals surface area (Å²) in [4.78, 5) is 16.9. The van der Waals surface area contributed by atoms with Crippen molar-refractivity contribution in [3.8, 4) is 11.8 Å². The van der Waals surface area contributed by atoms with Crippen molar-refractivity contribution >= 4 is 29.0 Å². The van der Waals surface area contributed by atoms with E-state index in [-0.39, 0.29) is 12.1 Å². The maximum atomic E-state index is 13.1. The number of ether oxygens (including phenoxy) is 1. The quantitative estimate of drug-likeness (QED) is 0.782. The Morgan fingerprint density at radius 2 is 2.11 bits per heavy atom. The van der Waals surface area contributed by atoms with Crippen molar-refractivity contribution in [1.29, 1.82) is 0 Å². The number of hydrogen-bond donors (Lipinski definition) is 1. The van der Waals surface area contributed by atoms with Crippen LogP contribution in [0.25, 0.3) is 0 Å². The molecule has 0 bridgehead atoms. The molecule has 5 heteroatoms. The van der Waals surface area contributed by atoms with Gasteiger partial charge in [-0.1, -0.05) is 29.8 Å². The summed E-state index contributed by atoms with van der Waals surface area (Å²) in [5.41, 5.74) is 2.64. The highest BCUT2D eigenvalue weighted by Gasteiger charge is 2.27. The minimum absolute atomic E-state index is 0.00377. The molecule has 0 saturated carbocycles. The van der Waals surface area contributed by atoms with E-state index in [9.17, 15) is 4.79 Å². The van der Waals surface area contributed by atoms with Crippen LogP contribution in [0, 0.1) is 11.8 Å². The van der Waals surface area contributed by atoms with Crippen LogP contribution >= 0.6 is 11.8 Å². The van der Waals surface area contributed by atoms with Crippen LogP contribution in [0.4, 0.5) is 11.4 Å². The van der Waals surface area contributed by atoms with Gasteiger partial charge in [-0.05, 0) is 56.5 Å². The summed E-state index contributed by atoms with van der Waals surface area (Å²) in [6, 6.07) is 13.9. The first-order chi connectivity index (χ1) is 13.3. The zero-order valence-corrected chi connectivity index (χ0v) is 16.1. The van der Waals surface area contributed by atoms with E-state index in [0.29, 0.717) is 6.54 Å². The molecule has 0 aromatic heterocycles. The highest BCUT2D eigenvalue weighted by molar-refractivity contribution is 7.99. The number of benzene rings is 2. The Bertz CT molecular complexity index is 910. The summed E-state index contributed by atoms with van der Waals surface area (Å²) in [6.45, 7) is 2.99. The van der Waals surface area contributed by atoms with Gasteiger partial charge in [-0.2, -0.15) is 0 Å². The molecule has 2 heterocycles. The van der Waals surface area contributed by atoms with Crippen LogP contribution in [0.2, 0.25) is 0 Å². The SMILES string of the molecule is CC#CCN1C(=O)c2ccccc2Sc2cc(NC3CCCCO3)ccc21. The van der Waals surface area contributed by atoms with Crippen LogP contribution in [0.3, 0.4) is 0 Å². The van der Waals surface area contributed by atoms with Gasteiger partial charge in [0.15, 0.2) is 0 Å². The van der Waals surface area contributed by atoms with E-state index < -0.39 is 0 Å². The Balaban J connectivity index is 1.70. The van der Waals surface area contributed by atoms with E-state index in [1.165, 1.54) is 6.42 Å². The van der Waals surface area contributed by atoms with Gasteiger partial charge < -0.3 is 10.1 Å². The molecule has 27 heavy (non-hydrogen) atoms. The molecule has 1 atom stereocenters. The fraction of sp³-hybridized carbons (Fsp3) is 0.318. The van der Waals surface area contributed by atoms with Gasteiger partial charge in [0.05, 0.1) is 17.8 Å². The van der Waals surface area contributed by atoms with E-state index in [1.807, 2.05) is 36.4 Å². The summed E-state index contributed by atoms with van der Waals surface area (Å²) in [5, 5.41) is 3.48. The van der Waals surface area contributed by atoms with Gasteiger partial charge in [0.25, 0.3) is 5.91 Å². The topological polar surface area (TPSA) is 41.6 Å². The largest absolute Gasteiger partial charge is 0.360 e. The molecule has 4 nitrogen and oxygen atoms in total. The predicted molar refractivity (Wildman–Crippen MR) is 109 cm³/mol. The Labute approximate surface area is 164 Å². The summed E-state index contributed by atoms with van der Waals surface area (Å²) in [6.07, 6.45) is 3.39. The molecule has 2 aromatic rings. The zero-order valence-electron chi connectivity index (χ0n) is 15.3. The molecule has 1 N–H and O–H groups in total. The van der Waals surface area contributed by atoms with Crippen molar-refractivity contribution in [1.82, 2.24) is 0 Å². The number of nitrogens with zero attached hydrogens (tertiary/aromatic N) is 1. The second kappa shape index (κ2) is 8.08. The lowest BCUT2D eigenvalue weighted by molar-refractivity contribution is 0.0343. The second-order valence-corrected chi connectivity index (χ2v) is 7.68. The van der Waals surface area contributed by atoms with E-state index in [0.717, 1.165) is 46.2 Å². The van der Waals surface area contributed by atoms with Crippen LogP contribution in [0.1, 0.15) is 36.5 Å². The molecule has 4 rings (SSSR count). The molecule has 1 unspecified atom stereocenters. The van der Waals surface area contributed by atoms with Crippen molar-refractivity contribution in [2.75, 3.05) is 23.4 Å². The summed E-state index contributed by atoms with van der Waals surface area (Å²) in [5.74, 6) is 5.93. The number of anilines is 2. The molecule has 2 aromatic carbocycles. The minimum atomic E-state index is -0.00377. The number of fused-ring (bicyclic) bond motifs is 2. The van der Waals surface area contributed by atoms with Crippen LogP contribution in [0.5, 0.6) is 0 Å². The van der Waals surface area contributed by atoms with Gasteiger partial charge in [0.1, 0.15) is 6.23 Å². The van der Waals surface area contributed by atoms with Gasteiger partial charge in [-0.15, -0.1) is 5.92 Å². The molecule has 1 fully saturated rings. The van der Waals surface area contributed by atoms with Crippen LogP contribution in [-0.4, -0.2) is 25.3 Å². The highest BCUT2D eigenvalue weighted by atomic mass is 32.2. The number of carbonyl (C=O) groups excluding carboxylic acids is 1. The van der Waals surface area contributed by atoms with Crippen molar-refractivity contribution in [2.24, 2.45) is 0 Å². The third kappa shape index (κ3) is 3.83. The molecule has 0 radical (unpaired) electrons. The molecule has 0 spiro atoms. The zero-order chi connectivity index (χ0) is 18.6. The normalized spacial score (nSPS) is 18.6. The number of carbonyl (C=O) groups is 1. The molecular formula is C22H22N2O2S. The third-order valence-electron chi connectivity index (χ3n) is 4.75. The van der Waals surface area contributed by atoms with Crippen molar-refractivity contribution in [2.45, 2.75) is 42.2 Å². The molecule has 138 valence electrons. The summed E-state index contributed by atoms with van der Waals surface area (Å²) in [7, 11) is 0. The van der Waals surface area contributed by atoms with E-state index >= 15 is 0 Å². The van der Waals surface area contributed by atoms with Gasteiger partial charge in [-0.25, -0.2) is 0 Å². The fourth-order valence-electron chi connectivity index (χ4n) is 3.37. The van der Waals surface area contributed by atoms with E-state index in [1.54, 1.807) is 23.6 Å². The third-order valence-corrected chi connectivity index (χ3v) is 5.88. The van der Waals surface area contributed by atoms with Crippen molar-refractivity contribution in [3.05, 3.63) is 48.0 Å². The van der Waals surface area contributed by atoms with E-state index in [2.05, 4.69) is 23.2 Å². The molecule has 2 aliphatic rings. The molecule has 0 aliphatic carbocycles. The molecular weight excluding hydrogens is 356 g/mol. The van der Waals surface area contributed by atoms with Gasteiger partial charge in [-0.3, -0.25) is 9.69 Å². The Morgan fingerprint density at radius 3 is 2.93 bits per heavy atom. The van der Waals surface area contributed by atoms with Crippen molar-refractivity contribution < 1.29 is 9.53 Å². The number of rotatable bonds is 3. The maximum absolute atomic E-state index is 13.1. The first-order valence-corrected chi connectivity index (χ1v) is 10.1. The lowest BCUT2D eigenvalue weighted by Gasteiger charge is -2.25. The summed E-state index contributed by atoms with van der Waals surface area (Å²) >= 11 is 1.63. The van der Waals surface area contributed by atoms with Gasteiger partial charge in [0.2, 0.25) is 0 Å². The first-order valence-electron chi connectivity index (χ1n) is 9.27. The molecule has 2 aliphatic heterocycles. The van der Waals surface area contributed by atoms with Gasteiger partial charge in [0, 0.05) is 22.1 Å².